The van der Waals surface area contributed by atoms with Crippen LogP contribution < -0.4 is 10.6 Å². The van der Waals surface area contributed by atoms with E-state index in [4.69, 9.17) is 4.74 Å². The largest absolute Gasteiger partial charge is 0.378 e. The first-order chi connectivity index (χ1) is 10.8. The van der Waals surface area contributed by atoms with Crippen LogP contribution in [0, 0.1) is 5.82 Å². The fourth-order valence-electron chi connectivity index (χ4n) is 2.59. The summed E-state index contributed by atoms with van der Waals surface area (Å²) in [7, 11) is 1.75. The SMILES string of the molecule is CN=C(NCCCOC1CCCC1)NCc1ccc(F)cc1. The Bertz CT molecular complexity index is 455. The van der Waals surface area contributed by atoms with Crippen molar-refractivity contribution in [3.63, 3.8) is 0 Å². The lowest BCUT2D eigenvalue weighted by Crippen LogP contribution is -2.37. The first-order valence-corrected chi connectivity index (χ1v) is 8.08. The molecule has 1 saturated carbocycles. The molecule has 1 aromatic carbocycles. The number of guanidine groups is 1. The smallest absolute Gasteiger partial charge is 0.191 e. The van der Waals surface area contributed by atoms with Gasteiger partial charge in [0.05, 0.1) is 6.10 Å². The fourth-order valence-corrected chi connectivity index (χ4v) is 2.59. The molecule has 2 N–H and O–H groups in total. The summed E-state index contributed by atoms with van der Waals surface area (Å²) in [6.07, 6.45) is 6.50. The number of hydrogen-bond acceptors (Lipinski definition) is 2. The van der Waals surface area contributed by atoms with Gasteiger partial charge in [-0.2, -0.15) is 0 Å². The van der Waals surface area contributed by atoms with E-state index in [9.17, 15) is 4.39 Å². The molecule has 0 unspecified atom stereocenters. The van der Waals surface area contributed by atoms with Gasteiger partial charge in [-0.25, -0.2) is 4.39 Å². The molecule has 122 valence electrons. The van der Waals surface area contributed by atoms with Crippen LogP contribution in [0.1, 0.15) is 37.7 Å². The summed E-state index contributed by atoms with van der Waals surface area (Å²) in [5, 5.41) is 6.47. The zero-order valence-corrected chi connectivity index (χ0v) is 13.3. The number of ether oxygens (including phenoxy) is 1. The first kappa shape index (κ1) is 16.7. The van der Waals surface area contributed by atoms with Crippen LogP contribution in [0.15, 0.2) is 29.3 Å². The molecule has 1 aliphatic carbocycles. The summed E-state index contributed by atoms with van der Waals surface area (Å²) in [5.41, 5.74) is 1.02. The summed E-state index contributed by atoms with van der Waals surface area (Å²) < 4.78 is 18.7. The second-order valence-electron chi connectivity index (χ2n) is 5.61. The number of nitrogens with zero attached hydrogens (tertiary/aromatic N) is 1. The highest BCUT2D eigenvalue weighted by Gasteiger charge is 2.14. The van der Waals surface area contributed by atoms with Gasteiger partial charge >= 0.3 is 0 Å². The Morgan fingerprint density at radius 1 is 1.23 bits per heavy atom. The molecule has 4 nitrogen and oxygen atoms in total. The topological polar surface area (TPSA) is 45.7 Å². The number of halogens is 1. The summed E-state index contributed by atoms with van der Waals surface area (Å²) in [6.45, 7) is 2.25. The minimum Gasteiger partial charge on any atom is -0.378 e. The molecule has 0 saturated heterocycles. The van der Waals surface area contributed by atoms with Gasteiger partial charge in [0.1, 0.15) is 5.82 Å². The van der Waals surface area contributed by atoms with Crippen LogP contribution in [-0.4, -0.2) is 32.3 Å². The molecule has 1 aliphatic rings. The summed E-state index contributed by atoms with van der Waals surface area (Å²) in [5.74, 6) is 0.540. The lowest BCUT2D eigenvalue weighted by Gasteiger charge is -2.13. The molecule has 0 atom stereocenters. The highest BCUT2D eigenvalue weighted by Crippen LogP contribution is 2.20. The van der Waals surface area contributed by atoms with Crippen molar-refractivity contribution >= 4 is 5.96 Å². The number of rotatable bonds is 7. The van der Waals surface area contributed by atoms with Gasteiger partial charge in [0.15, 0.2) is 5.96 Å². The Morgan fingerprint density at radius 3 is 2.64 bits per heavy atom. The highest BCUT2D eigenvalue weighted by molar-refractivity contribution is 5.79. The number of aliphatic imine (C=N–C) groups is 1. The standard InChI is InChI=1S/C17H26FN3O/c1-19-17(21-13-14-7-9-15(18)10-8-14)20-11-4-12-22-16-5-2-3-6-16/h7-10,16H,2-6,11-13H2,1H3,(H2,19,20,21). The third kappa shape index (κ3) is 6.02. The zero-order chi connectivity index (χ0) is 15.6. The molecular formula is C17H26FN3O. The number of benzene rings is 1. The van der Waals surface area contributed by atoms with E-state index in [1.807, 2.05) is 0 Å². The van der Waals surface area contributed by atoms with E-state index in [0.717, 1.165) is 31.1 Å². The second-order valence-corrected chi connectivity index (χ2v) is 5.61. The van der Waals surface area contributed by atoms with Crippen molar-refractivity contribution < 1.29 is 9.13 Å². The van der Waals surface area contributed by atoms with Gasteiger partial charge in [0.25, 0.3) is 0 Å². The summed E-state index contributed by atoms with van der Waals surface area (Å²) in [6, 6.07) is 6.47. The van der Waals surface area contributed by atoms with Crippen LogP contribution in [0.2, 0.25) is 0 Å². The van der Waals surface area contributed by atoms with E-state index in [1.54, 1.807) is 19.2 Å². The maximum absolute atomic E-state index is 12.8. The number of hydrogen-bond donors (Lipinski definition) is 2. The lowest BCUT2D eigenvalue weighted by atomic mass is 10.2. The fraction of sp³-hybridized carbons (Fsp3) is 0.588. The number of nitrogens with one attached hydrogen (secondary N) is 2. The van der Waals surface area contributed by atoms with Crippen LogP contribution in [0.5, 0.6) is 0 Å². The van der Waals surface area contributed by atoms with Gasteiger partial charge in [-0.05, 0) is 37.0 Å². The minimum absolute atomic E-state index is 0.214. The van der Waals surface area contributed by atoms with Crippen LogP contribution >= 0.6 is 0 Å². The van der Waals surface area contributed by atoms with Crippen LogP contribution in [0.25, 0.3) is 0 Å². The monoisotopic (exact) mass is 307 g/mol. The van der Waals surface area contributed by atoms with E-state index >= 15 is 0 Å². The molecule has 1 aromatic rings. The van der Waals surface area contributed by atoms with Crippen molar-refractivity contribution in [2.75, 3.05) is 20.2 Å². The van der Waals surface area contributed by atoms with Gasteiger partial charge in [0.2, 0.25) is 0 Å². The van der Waals surface area contributed by atoms with Crippen molar-refractivity contribution in [2.24, 2.45) is 4.99 Å². The van der Waals surface area contributed by atoms with Crippen molar-refractivity contribution in [3.8, 4) is 0 Å². The van der Waals surface area contributed by atoms with Crippen molar-refractivity contribution in [2.45, 2.75) is 44.8 Å². The summed E-state index contributed by atoms with van der Waals surface area (Å²) in [4.78, 5) is 4.18. The van der Waals surface area contributed by atoms with E-state index in [-0.39, 0.29) is 5.82 Å². The average molecular weight is 307 g/mol. The minimum atomic E-state index is -0.214. The van der Waals surface area contributed by atoms with E-state index in [2.05, 4.69) is 15.6 Å². The Hall–Kier alpha value is -1.62. The third-order valence-corrected chi connectivity index (χ3v) is 3.87. The molecule has 0 heterocycles. The molecule has 0 amide bonds. The molecule has 0 aliphatic heterocycles. The Morgan fingerprint density at radius 2 is 1.95 bits per heavy atom. The molecular weight excluding hydrogens is 281 g/mol. The molecule has 0 spiro atoms. The van der Waals surface area contributed by atoms with Crippen molar-refractivity contribution in [1.82, 2.24) is 10.6 Å². The van der Waals surface area contributed by atoms with E-state index in [0.29, 0.717) is 12.6 Å². The van der Waals surface area contributed by atoms with Crippen molar-refractivity contribution in [3.05, 3.63) is 35.6 Å². The van der Waals surface area contributed by atoms with Crippen LogP contribution in [-0.2, 0) is 11.3 Å². The van der Waals surface area contributed by atoms with E-state index < -0.39 is 0 Å². The maximum atomic E-state index is 12.8. The zero-order valence-electron chi connectivity index (χ0n) is 13.3. The molecule has 5 heteroatoms. The average Bonchev–Trinajstić information content (AvgIpc) is 3.05. The quantitative estimate of drug-likeness (QED) is 0.462. The predicted octanol–water partition coefficient (Wildman–Crippen LogP) is 2.84. The maximum Gasteiger partial charge on any atom is 0.191 e. The van der Waals surface area contributed by atoms with Gasteiger partial charge in [-0.1, -0.05) is 25.0 Å². The van der Waals surface area contributed by atoms with Gasteiger partial charge in [0, 0.05) is 26.7 Å². The van der Waals surface area contributed by atoms with Gasteiger partial charge in [-0.3, -0.25) is 4.99 Å². The predicted molar refractivity (Wildman–Crippen MR) is 87.4 cm³/mol. The van der Waals surface area contributed by atoms with Crippen LogP contribution in [0.3, 0.4) is 0 Å². The Kier molecular flexibility index (Phi) is 7.16. The Balaban J connectivity index is 1.57. The molecule has 2 rings (SSSR count). The molecule has 0 radical (unpaired) electrons. The summed E-state index contributed by atoms with van der Waals surface area (Å²) >= 11 is 0. The second kappa shape index (κ2) is 9.41. The van der Waals surface area contributed by atoms with Gasteiger partial charge in [-0.15, -0.1) is 0 Å². The molecule has 0 bridgehead atoms. The van der Waals surface area contributed by atoms with Crippen molar-refractivity contribution in [1.29, 1.82) is 0 Å². The Labute approximate surface area is 132 Å². The normalized spacial score (nSPS) is 16.0. The third-order valence-electron chi connectivity index (χ3n) is 3.87. The molecule has 1 fully saturated rings. The van der Waals surface area contributed by atoms with E-state index in [1.165, 1.54) is 37.8 Å². The molecule has 22 heavy (non-hydrogen) atoms. The first-order valence-electron chi connectivity index (χ1n) is 8.08. The van der Waals surface area contributed by atoms with Crippen LogP contribution in [0.4, 0.5) is 4.39 Å². The highest BCUT2D eigenvalue weighted by atomic mass is 19.1. The van der Waals surface area contributed by atoms with Gasteiger partial charge < -0.3 is 15.4 Å². The molecule has 0 aromatic heterocycles. The lowest BCUT2D eigenvalue weighted by molar-refractivity contribution is 0.0574.